The Morgan fingerprint density at radius 1 is 1.27 bits per heavy atom. The Morgan fingerprint density at radius 3 is 2.00 bits per heavy atom. The van der Waals surface area contributed by atoms with Crippen LogP contribution in [0.3, 0.4) is 0 Å². The third-order valence-corrected chi connectivity index (χ3v) is 1.96. The molecule has 0 saturated heterocycles. The second-order valence-electron chi connectivity index (χ2n) is 3.19. The van der Waals surface area contributed by atoms with Crippen LogP contribution in [0, 0.1) is 0 Å². The SMILES string of the molecule is CC(=O)N(C(C)=O)C(CCCN)C(=O)O. The predicted octanol–water partition coefficient (Wildman–Crippen LogP) is -0.426. The molecule has 15 heavy (non-hydrogen) atoms. The second-order valence-corrected chi connectivity index (χ2v) is 3.19. The lowest BCUT2D eigenvalue weighted by molar-refractivity contribution is -0.156. The molecule has 0 rings (SSSR count). The summed E-state index contributed by atoms with van der Waals surface area (Å²) >= 11 is 0. The lowest BCUT2D eigenvalue weighted by Gasteiger charge is -2.24. The molecule has 1 unspecified atom stereocenters. The van der Waals surface area contributed by atoms with Crippen LogP contribution in [0.1, 0.15) is 26.7 Å². The van der Waals surface area contributed by atoms with E-state index in [9.17, 15) is 14.4 Å². The lowest BCUT2D eigenvalue weighted by atomic mass is 10.1. The molecule has 0 radical (unpaired) electrons. The first-order valence-electron chi connectivity index (χ1n) is 4.65. The van der Waals surface area contributed by atoms with Crippen molar-refractivity contribution >= 4 is 17.8 Å². The van der Waals surface area contributed by atoms with Crippen LogP contribution >= 0.6 is 0 Å². The van der Waals surface area contributed by atoms with E-state index in [-0.39, 0.29) is 6.42 Å². The van der Waals surface area contributed by atoms with Gasteiger partial charge in [0.15, 0.2) is 0 Å². The number of amides is 2. The molecule has 0 bridgehead atoms. The van der Waals surface area contributed by atoms with E-state index in [0.29, 0.717) is 13.0 Å². The average Bonchev–Trinajstić information content (AvgIpc) is 2.09. The summed E-state index contributed by atoms with van der Waals surface area (Å²) in [5, 5.41) is 8.88. The highest BCUT2D eigenvalue weighted by Gasteiger charge is 2.29. The molecular weight excluding hydrogens is 200 g/mol. The van der Waals surface area contributed by atoms with E-state index in [4.69, 9.17) is 10.8 Å². The molecule has 0 aliphatic rings. The van der Waals surface area contributed by atoms with Crippen molar-refractivity contribution in [3.63, 3.8) is 0 Å². The maximum absolute atomic E-state index is 11.1. The topological polar surface area (TPSA) is 101 Å². The third-order valence-electron chi connectivity index (χ3n) is 1.96. The zero-order valence-electron chi connectivity index (χ0n) is 8.90. The van der Waals surface area contributed by atoms with Crippen LogP contribution in [0.4, 0.5) is 0 Å². The van der Waals surface area contributed by atoms with Gasteiger partial charge in [0.25, 0.3) is 0 Å². The maximum Gasteiger partial charge on any atom is 0.326 e. The van der Waals surface area contributed by atoms with Crippen molar-refractivity contribution in [1.29, 1.82) is 0 Å². The van der Waals surface area contributed by atoms with E-state index in [1.807, 2.05) is 0 Å². The molecule has 1 atom stereocenters. The molecule has 2 amide bonds. The standard InChI is InChI=1S/C9H16N2O4/c1-6(12)11(7(2)13)8(9(14)15)4-3-5-10/h8H,3-5,10H2,1-2H3,(H,14,15). The first-order chi connectivity index (χ1) is 6.91. The fourth-order valence-corrected chi connectivity index (χ4v) is 1.33. The molecule has 0 spiro atoms. The predicted molar refractivity (Wildman–Crippen MR) is 52.9 cm³/mol. The van der Waals surface area contributed by atoms with E-state index >= 15 is 0 Å². The number of carboxylic acid groups (broad SMARTS) is 1. The molecule has 0 saturated carbocycles. The Balaban J connectivity index is 4.76. The van der Waals surface area contributed by atoms with Gasteiger partial charge in [-0.25, -0.2) is 4.79 Å². The Kier molecular flexibility index (Phi) is 5.54. The van der Waals surface area contributed by atoms with Crippen LogP contribution in [-0.4, -0.2) is 40.4 Å². The summed E-state index contributed by atoms with van der Waals surface area (Å²) in [6.07, 6.45) is 0.638. The highest BCUT2D eigenvalue weighted by molar-refractivity contribution is 5.97. The van der Waals surface area contributed by atoms with Gasteiger partial charge in [0.05, 0.1) is 0 Å². The van der Waals surface area contributed by atoms with Crippen molar-refractivity contribution in [3.05, 3.63) is 0 Å². The molecular formula is C9H16N2O4. The van der Waals surface area contributed by atoms with Gasteiger partial charge >= 0.3 is 5.97 Å². The molecule has 0 aliphatic heterocycles. The van der Waals surface area contributed by atoms with Crippen LogP contribution in [0.15, 0.2) is 0 Å². The van der Waals surface area contributed by atoms with Crippen LogP contribution in [0.2, 0.25) is 0 Å². The number of hydrogen-bond acceptors (Lipinski definition) is 4. The van der Waals surface area contributed by atoms with Gasteiger partial charge in [-0.2, -0.15) is 0 Å². The fourth-order valence-electron chi connectivity index (χ4n) is 1.33. The van der Waals surface area contributed by atoms with E-state index in [1.165, 1.54) is 13.8 Å². The van der Waals surface area contributed by atoms with E-state index in [1.54, 1.807) is 0 Å². The molecule has 0 aromatic rings. The second kappa shape index (κ2) is 6.13. The minimum atomic E-state index is -1.19. The number of carbonyl (C=O) groups is 3. The van der Waals surface area contributed by atoms with Gasteiger partial charge in [0.1, 0.15) is 6.04 Å². The van der Waals surface area contributed by atoms with Gasteiger partial charge in [0.2, 0.25) is 11.8 Å². The first kappa shape index (κ1) is 13.6. The Labute approximate surface area is 88.0 Å². The smallest absolute Gasteiger partial charge is 0.326 e. The number of nitrogens with two attached hydrogens (primary N) is 1. The summed E-state index contributed by atoms with van der Waals surface area (Å²) in [5.74, 6) is -2.31. The third kappa shape index (κ3) is 4.07. The number of imide groups is 1. The van der Waals surface area contributed by atoms with Crippen LogP contribution < -0.4 is 5.73 Å². The fraction of sp³-hybridized carbons (Fsp3) is 0.667. The summed E-state index contributed by atoms with van der Waals surface area (Å²) < 4.78 is 0. The minimum Gasteiger partial charge on any atom is -0.480 e. The van der Waals surface area contributed by atoms with Crippen LogP contribution in [0.5, 0.6) is 0 Å². The number of rotatable bonds is 5. The van der Waals surface area contributed by atoms with Crippen molar-refractivity contribution in [2.24, 2.45) is 5.73 Å². The number of hydrogen-bond donors (Lipinski definition) is 2. The molecule has 0 aromatic carbocycles. The molecule has 6 nitrogen and oxygen atoms in total. The molecule has 0 aliphatic carbocycles. The largest absolute Gasteiger partial charge is 0.480 e. The number of nitrogens with zero attached hydrogens (tertiary/aromatic N) is 1. The van der Waals surface area contributed by atoms with Gasteiger partial charge in [-0.05, 0) is 19.4 Å². The highest BCUT2D eigenvalue weighted by Crippen LogP contribution is 2.08. The van der Waals surface area contributed by atoms with Crippen LogP contribution in [0.25, 0.3) is 0 Å². The lowest BCUT2D eigenvalue weighted by Crippen LogP contribution is -2.47. The van der Waals surface area contributed by atoms with Crippen molar-refractivity contribution in [3.8, 4) is 0 Å². The Morgan fingerprint density at radius 2 is 1.73 bits per heavy atom. The zero-order chi connectivity index (χ0) is 12.0. The van der Waals surface area contributed by atoms with Crippen molar-refractivity contribution in [2.45, 2.75) is 32.7 Å². The summed E-state index contributed by atoms with van der Waals surface area (Å²) in [5.41, 5.74) is 5.25. The monoisotopic (exact) mass is 216 g/mol. The van der Waals surface area contributed by atoms with E-state index in [2.05, 4.69) is 0 Å². The summed E-state index contributed by atoms with van der Waals surface area (Å²) in [6.45, 7) is 2.66. The van der Waals surface area contributed by atoms with Crippen molar-refractivity contribution in [2.75, 3.05) is 6.54 Å². The molecule has 0 heterocycles. The highest BCUT2D eigenvalue weighted by atomic mass is 16.4. The summed E-state index contributed by atoms with van der Waals surface area (Å²) in [4.78, 5) is 33.8. The molecule has 86 valence electrons. The summed E-state index contributed by atoms with van der Waals surface area (Å²) in [6, 6.07) is -1.11. The average molecular weight is 216 g/mol. The van der Waals surface area contributed by atoms with Gasteiger partial charge < -0.3 is 10.8 Å². The summed E-state index contributed by atoms with van der Waals surface area (Å²) in [7, 11) is 0. The minimum absolute atomic E-state index is 0.186. The number of carbonyl (C=O) groups excluding carboxylic acids is 2. The Bertz CT molecular complexity index is 251. The molecule has 0 aromatic heterocycles. The molecule has 3 N–H and O–H groups in total. The van der Waals surface area contributed by atoms with E-state index in [0.717, 1.165) is 4.90 Å². The number of aliphatic carboxylic acids is 1. The van der Waals surface area contributed by atoms with Crippen LogP contribution in [-0.2, 0) is 14.4 Å². The van der Waals surface area contributed by atoms with Gasteiger partial charge in [-0.3, -0.25) is 14.5 Å². The number of carboxylic acids is 1. The quantitative estimate of drug-likeness (QED) is 0.649. The van der Waals surface area contributed by atoms with Crippen molar-refractivity contribution < 1.29 is 19.5 Å². The molecule has 6 heteroatoms. The maximum atomic E-state index is 11.1. The Hall–Kier alpha value is -1.43. The molecule has 0 fully saturated rings. The van der Waals surface area contributed by atoms with E-state index < -0.39 is 23.8 Å². The van der Waals surface area contributed by atoms with Crippen molar-refractivity contribution in [1.82, 2.24) is 4.90 Å². The van der Waals surface area contributed by atoms with Gasteiger partial charge in [0, 0.05) is 13.8 Å². The van der Waals surface area contributed by atoms with Gasteiger partial charge in [-0.15, -0.1) is 0 Å². The van der Waals surface area contributed by atoms with Gasteiger partial charge in [-0.1, -0.05) is 0 Å². The zero-order valence-corrected chi connectivity index (χ0v) is 8.90. The first-order valence-corrected chi connectivity index (χ1v) is 4.65. The normalized spacial score (nSPS) is 11.9.